The van der Waals surface area contributed by atoms with Crippen molar-refractivity contribution in [3.8, 4) is 0 Å². The Balaban J connectivity index is 1.84. The van der Waals surface area contributed by atoms with Gasteiger partial charge < -0.3 is 5.32 Å². The third-order valence-electron chi connectivity index (χ3n) is 4.83. The van der Waals surface area contributed by atoms with Crippen LogP contribution >= 0.6 is 0 Å². The zero-order chi connectivity index (χ0) is 16.2. The molecule has 1 saturated carbocycles. The average Bonchev–Trinajstić information content (AvgIpc) is 2.53. The molecule has 1 aliphatic carbocycles. The molecule has 1 atom stereocenters. The Labute approximate surface area is 134 Å². The number of piperidine rings is 1. The molecule has 2 aliphatic rings. The number of rotatable bonds is 5. The highest BCUT2D eigenvalue weighted by atomic mass is 32.2. The molecule has 1 saturated heterocycles. The van der Waals surface area contributed by atoms with Crippen molar-refractivity contribution in [1.82, 2.24) is 13.9 Å². The van der Waals surface area contributed by atoms with Crippen molar-refractivity contribution >= 4 is 16.1 Å². The van der Waals surface area contributed by atoms with E-state index in [1.807, 2.05) is 0 Å². The van der Waals surface area contributed by atoms with E-state index < -0.39 is 10.2 Å². The van der Waals surface area contributed by atoms with Crippen molar-refractivity contribution in [2.75, 3.05) is 33.7 Å². The average molecular weight is 331 g/mol. The fraction of sp³-hybridized carbons (Fsp3) is 0.933. The minimum atomic E-state index is -3.42. The van der Waals surface area contributed by atoms with Gasteiger partial charge in [0.25, 0.3) is 10.2 Å². The van der Waals surface area contributed by atoms with Crippen molar-refractivity contribution in [2.45, 2.75) is 44.9 Å². The molecule has 0 spiro atoms. The number of hydrogen-bond donors (Lipinski definition) is 1. The molecule has 2 fully saturated rings. The smallest absolute Gasteiger partial charge is 0.281 e. The van der Waals surface area contributed by atoms with E-state index in [4.69, 9.17) is 0 Å². The molecule has 0 bridgehead atoms. The maximum absolute atomic E-state index is 12.3. The van der Waals surface area contributed by atoms with Gasteiger partial charge in [-0.3, -0.25) is 4.79 Å². The van der Waals surface area contributed by atoms with E-state index in [1.165, 1.54) is 54.8 Å². The maximum atomic E-state index is 12.3. The Morgan fingerprint density at radius 2 is 1.82 bits per heavy atom. The number of nitrogens with zero attached hydrogens (tertiary/aromatic N) is 2. The van der Waals surface area contributed by atoms with Crippen LogP contribution in [0.15, 0.2) is 0 Å². The Kier molecular flexibility index (Phi) is 6.23. The molecule has 1 heterocycles. The van der Waals surface area contributed by atoms with Gasteiger partial charge in [0, 0.05) is 33.7 Å². The monoisotopic (exact) mass is 331 g/mol. The fourth-order valence-electron chi connectivity index (χ4n) is 3.38. The highest BCUT2D eigenvalue weighted by Gasteiger charge is 2.33. The van der Waals surface area contributed by atoms with Crippen molar-refractivity contribution in [2.24, 2.45) is 11.8 Å². The standard InChI is InChI=1S/C15H29N3O3S/c1-17(2)22(20,21)18-10-6-9-14(12-18)15(19)16-11-13-7-4-3-5-8-13/h13-14H,3-12H2,1-2H3,(H,16,19). The lowest BCUT2D eigenvalue weighted by Crippen LogP contribution is -2.49. The highest BCUT2D eigenvalue weighted by molar-refractivity contribution is 7.86. The summed E-state index contributed by atoms with van der Waals surface area (Å²) < 4.78 is 27.0. The van der Waals surface area contributed by atoms with Crippen LogP contribution in [0.25, 0.3) is 0 Å². The molecule has 7 heteroatoms. The van der Waals surface area contributed by atoms with Gasteiger partial charge in [-0.25, -0.2) is 0 Å². The summed E-state index contributed by atoms with van der Waals surface area (Å²) in [6.45, 7) is 1.56. The lowest BCUT2D eigenvalue weighted by Gasteiger charge is -2.33. The zero-order valence-electron chi connectivity index (χ0n) is 13.8. The van der Waals surface area contributed by atoms with Crippen LogP contribution in [0.5, 0.6) is 0 Å². The summed E-state index contributed by atoms with van der Waals surface area (Å²) in [5.74, 6) is 0.402. The minimum Gasteiger partial charge on any atom is -0.356 e. The van der Waals surface area contributed by atoms with E-state index in [-0.39, 0.29) is 11.8 Å². The minimum absolute atomic E-state index is 0.0178. The summed E-state index contributed by atoms with van der Waals surface area (Å²) in [5.41, 5.74) is 0. The van der Waals surface area contributed by atoms with Crippen molar-refractivity contribution in [3.63, 3.8) is 0 Å². The molecule has 0 aromatic carbocycles. The summed E-state index contributed by atoms with van der Waals surface area (Å²) in [5, 5.41) is 3.05. The number of amides is 1. The molecule has 2 rings (SSSR count). The molecule has 1 N–H and O–H groups in total. The van der Waals surface area contributed by atoms with Gasteiger partial charge in [-0.15, -0.1) is 0 Å². The van der Waals surface area contributed by atoms with Crippen LogP contribution in [0, 0.1) is 11.8 Å². The Morgan fingerprint density at radius 1 is 1.14 bits per heavy atom. The second-order valence-corrected chi connectivity index (χ2v) is 8.88. The largest absolute Gasteiger partial charge is 0.356 e. The van der Waals surface area contributed by atoms with Crippen LogP contribution in [0.2, 0.25) is 0 Å². The van der Waals surface area contributed by atoms with Gasteiger partial charge in [-0.2, -0.15) is 17.0 Å². The van der Waals surface area contributed by atoms with E-state index >= 15 is 0 Å². The second-order valence-electron chi connectivity index (χ2n) is 6.74. The number of carbonyl (C=O) groups excluding carboxylic acids is 1. The summed E-state index contributed by atoms with van der Waals surface area (Å²) in [7, 11) is -0.355. The molecule has 128 valence electrons. The van der Waals surface area contributed by atoms with Crippen molar-refractivity contribution in [1.29, 1.82) is 0 Å². The van der Waals surface area contributed by atoms with Crippen molar-refractivity contribution < 1.29 is 13.2 Å². The lowest BCUT2D eigenvalue weighted by atomic mass is 9.89. The third kappa shape index (κ3) is 4.43. The quantitative estimate of drug-likeness (QED) is 0.823. The fourth-order valence-corrected chi connectivity index (χ4v) is 4.57. The van der Waals surface area contributed by atoms with Gasteiger partial charge in [0.15, 0.2) is 0 Å². The highest BCUT2D eigenvalue weighted by Crippen LogP contribution is 2.24. The predicted molar refractivity (Wildman–Crippen MR) is 86.5 cm³/mol. The Bertz CT molecular complexity index is 472. The van der Waals surface area contributed by atoms with Crippen molar-refractivity contribution in [3.05, 3.63) is 0 Å². The number of hydrogen-bond acceptors (Lipinski definition) is 3. The first-order valence-corrected chi connectivity index (χ1v) is 9.76. The molecule has 22 heavy (non-hydrogen) atoms. The van der Waals surface area contributed by atoms with Crippen LogP contribution in [0.3, 0.4) is 0 Å². The molecule has 1 unspecified atom stereocenters. The van der Waals surface area contributed by atoms with E-state index in [0.717, 1.165) is 19.4 Å². The van der Waals surface area contributed by atoms with Crippen LogP contribution in [0.4, 0.5) is 0 Å². The summed E-state index contributed by atoms with van der Waals surface area (Å²) in [4.78, 5) is 12.3. The number of carbonyl (C=O) groups is 1. The van der Waals surface area contributed by atoms with Gasteiger partial charge in [-0.05, 0) is 31.6 Å². The first-order valence-electron chi connectivity index (χ1n) is 8.36. The van der Waals surface area contributed by atoms with E-state index in [1.54, 1.807) is 0 Å². The summed E-state index contributed by atoms with van der Waals surface area (Å²) >= 11 is 0. The second kappa shape index (κ2) is 7.75. The van der Waals surface area contributed by atoms with Crippen LogP contribution in [0.1, 0.15) is 44.9 Å². The van der Waals surface area contributed by atoms with Gasteiger partial charge in [0.05, 0.1) is 5.92 Å². The normalized spacial score (nSPS) is 25.3. The molecular weight excluding hydrogens is 302 g/mol. The van der Waals surface area contributed by atoms with E-state index in [0.29, 0.717) is 19.0 Å². The van der Waals surface area contributed by atoms with Gasteiger partial charge >= 0.3 is 0 Å². The molecule has 6 nitrogen and oxygen atoms in total. The van der Waals surface area contributed by atoms with Gasteiger partial charge in [0.1, 0.15) is 0 Å². The first kappa shape index (κ1) is 17.7. The summed E-state index contributed by atoms with van der Waals surface area (Å²) in [6.07, 6.45) is 7.75. The molecule has 1 amide bonds. The van der Waals surface area contributed by atoms with E-state index in [2.05, 4.69) is 5.32 Å². The van der Waals surface area contributed by atoms with Gasteiger partial charge in [0.2, 0.25) is 5.91 Å². The zero-order valence-corrected chi connectivity index (χ0v) is 14.6. The summed E-state index contributed by atoms with van der Waals surface area (Å²) in [6, 6.07) is 0. The number of nitrogens with one attached hydrogen (secondary N) is 1. The molecular formula is C15H29N3O3S. The maximum Gasteiger partial charge on any atom is 0.281 e. The van der Waals surface area contributed by atoms with Gasteiger partial charge in [-0.1, -0.05) is 19.3 Å². The first-order chi connectivity index (χ1) is 10.4. The van der Waals surface area contributed by atoms with Crippen LogP contribution in [-0.4, -0.2) is 56.7 Å². The van der Waals surface area contributed by atoms with Crippen LogP contribution in [-0.2, 0) is 15.0 Å². The molecule has 1 aliphatic heterocycles. The van der Waals surface area contributed by atoms with E-state index in [9.17, 15) is 13.2 Å². The lowest BCUT2D eigenvalue weighted by molar-refractivity contribution is -0.126. The third-order valence-corrected chi connectivity index (χ3v) is 6.74. The Hall–Kier alpha value is -0.660. The Morgan fingerprint density at radius 3 is 2.45 bits per heavy atom. The topological polar surface area (TPSA) is 69.7 Å². The van der Waals surface area contributed by atoms with Crippen LogP contribution < -0.4 is 5.32 Å². The predicted octanol–water partition coefficient (Wildman–Crippen LogP) is 1.20. The molecule has 0 radical (unpaired) electrons. The molecule has 0 aromatic heterocycles. The SMILES string of the molecule is CN(C)S(=O)(=O)N1CCCC(C(=O)NCC2CCCCC2)C1. The molecule has 0 aromatic rings.